The molecule has 0 radical (unpaired) electrons. The van der Waals surface area contributed by atoms with Crippen LogP contribution in [0.5, 0.6) is 0 Å². The van der Waals surface area contributed by atoms with Crippen molar-refractivity contribution in [2.75, 3.05) is 0 Å². The summed E-state index contributed by atoms with van der Waals surface area (Å²) in [5.74, 6) is 0.566. The summed E-state index contributed by atoms with van der Waals surface area (Å²) in [7, 11) is 0. The summed E-state index contributed by atoms with van der Waals surface area (Å²) in [4.78, 5) is 17.6. The summed E-state index contributed by atoms with van der Waals surface area (Å²) >= 11 is 7.21. The van der Waals surface area contributed by atoms with Gasteiger partial charge in [-0.15, -0.1) is 5.10 Å². The second-order valence-corrected chi connectivity index (χ2v) is 6.91. The lowest BCUT2D eigenvalue weighted by atomic mass is 10.1. The van der Waals surface area contributed by atoms with Gasteiger partial charge in [-0.3, -0.25) is 4.79 Å². The molecule has 4 rings (SSSR count). The first-order valence-corrected chi connectivity index (χ1v) is 8.53. The lowest BCUT2D eigenvalue weighted by Crippen LogP contribution is -2.23. The van der Waals surface area contributed by atoms with Gasteiger partial charge in [-0.25, -0.2) is 0 Å². The smallest absolute Gasteiger partial charge is 0.266 e. The number of aromatic nitrogens is 3. The third-order valence-electron chi connectivity index (χ3n) is 3.66. The van der Waals surface area contributed by atoms with Crippen molar-refractivity contribution in [3.8, 4) is 11.4 Å². The first-order valence-electron chi connectivity index (χ1n) is 7.34. The van der Waals surface area contributed by atoms with Crippen LogP contribution < -0.4 is 10.1 Å². The molecule has 0 spiro atoms. The van der Waals surface area contributed by atoms with E-state index in [9.17, 15) is 4.79 Å². The molecular weight excluding hydrogens is 342 g/mol. The summed E-state index contributed by atoms with van der Waals surface area (Å²) in [6.07, 6.45) is 1.82. The van der Waals surface area contributed by atoms with E-state index in [0.29, 0.717) is 20.3 Å². The van der Waals surface area contributed by atoms with Crippen LogP contribution in [-0.2, 0) is 0 Å². The van der Waals surface area contributed by atoms with E-state index in [2.05, 4.69) is 10.1 Å². The maximum absolute atomic E-state index is 12.5. The van der Waals surface area contributed by atoms with Crippen LogP contribution in [0.4, 0.5) is 0 Å². The van der Waals surface area contributed by atoms with E-state index in [1.165, 1.54) is 21.4 Å². The minimum Gasteiger partial charge on any atom is -0.266 e. The average molecular weight is 354 g/mol. The third kappa shape index (κ3) is 2.72. The number of benzene rings is 2. The molecule has 0 atom stereocenters. The number of aryl methyl sites for hydroxylation is 1. The Hall–Kier alpha value is -2.50. The van der Waals surface area contributed by atoms with E-state index in [1.807, 2.05) is 49.4 Å². The van der Waals surface area contributed by atoms with Gasteiger partial charge >= 0.3 is 0 Å². The van der Waals surface area contributed by atoms with Crippen molar-refractivity contribution in [2.45, 2.75) is 6.92 Å². The normalized spacial score (nSPS) is 12.2. The first kappa shape index (κ1) is 15.1. The van der Waals surface area contributed by atoms with Crippen LogP contribution in [0.3, 0.4) is 0 Å². The summed E-state index contributed by atoms with van der Waals surface area (Å²) in [6, 6.07) is 15.3. The van der Waals surface area contributed by atoms with E-state index < -0.39 is 0 Å². The summed E-state index contributed by atoms with van der Waals surface area (Å²) in [5, 5.41) is 5.02. The molecule has 24 heavy (non-hydrogen) atoms. The molecule has 0 aliphatic carbocycles. The SMILES string of the molecule is Cc1ccc(-c2nc3s/c(=C\c4ccc(Cl)cc4)c(=O)n3n2)cc1. The topological polar surface area (TPSA) is 47.3 Å². The second kappa shape index (κ2) is 5.85. The van der Waals surface area contributed by atoms with Gasteiger partial charge in [0.2, 0.25) is 4.96 Å². The van der Waals surface area contributed by atoms with Crippen molar-refractivity contribution in [3.05, 3.63) is 79.6 Å². The van der Waals surface area contributed by atoms with Crippen molar-refractivity contribution < 1.29 is 0 Å². The number of rotatable bonds is 2. The number of fused-ring (bicyclic) bond motifs is 1. The molecular formula is C18H12ClN3OS. The Bertz CT molecular complexity index is 1130. The van der Waals surface area contributed by atoms with Gasteiger partial charge in [0.1, 0.15) is 0 Å². The molecule has 2 heterocycles. The van der Waals surface area contributed by atoms with Gasteiger partial charge in [-0.1, -0.05) is 64.9 Å². The highest BCUT2D eigenvalue weighted by atomic mass is 35.5. The third-order valence-corrected chi connectivity index (χ3v) is 4.87. The first-order chi connectivity index (χ1) is 11.6. The number of thiazole rings is 1. The second-order valence-electron chi connectivity index (χ2n) is 5.46. The van der Waals surface area contributed by atoms with E-state index in [-0.39, 0.29) is 5.56 Å². The predicted molar refractivity (Wildman–Crippen MR) is 97.5 cm³/mol. The molecule has 0 aliphatic heterocycles. The van der Waals surface area contributed by atoms with Crippen LogP contribution in [0, 0.1) is 6.92 Å². The van der Waals surface area contributed by atoms with Gasteiger partial charge in [-0.2, -0.15) is 9.50 Å². The zero-order chi connectivity index (χ0) is 16.7. The highest BCUT2D eigenvalue weighted by molar-refractivity contribution is 7.15. The number of halogens is 1. The van der Waals surface area contributed by atoms with Crippen LogP contribution in [0.1, 0.15) is 11.1 Å². The van der Waals surface area contributed by atoms with Gasteiger partial charge in [-0.05, 0) is 30.7 Å². The van der Waals surface area contributed by atoms with Crippen molar-refractivity contribution in [3.63, 3.8) is 0 Å². The van der Waals surface area contributed by atoms with Crippen molar-refractivity contribution in [1.82, 2.24) is 14.6 Å². The fraction of sp³-hybridized carbons (Fsp3) is 0.0556. The average Bonchev–Trinajstić information content (AvgIpc) is 3.11. The van der Waals surface area contributed by atoms with Crippen LogP contribution in [0.15, 0.2) is 53.3 Å². The molecule has 4 aromatic rings. The molecule has 2 aromatic heterocycles. The van der Waals surface area contributed by atoms with Gasteiger partial charge in [0.25, 0.3) is 5.56 Å². The molecule has 0 N–H and O–H groups in total. The Kier molecular flexibility index (Phi) is 3.67. The van der Waals surface area contributed by atoms with Crippen molar-refractivity contribution >= 4 is 34.0 Å². The Morgan fingerprint density at radius 1 is 1.08 bits per heavy atom. The molecule has 0 bridgehead atoms. The molecule has 6 heteroatoms. The minimum absolute atomic E-state index is 0.157. The zero-order valence-electron chi connectivity index (χ0n) is 12.7. The maximum Gasteiger partial charge on any atom is 0.291 e. The predicted octanol–water partition coefficient (Wildman–Crippen LogP) is 3.33. The zero-order valence-corrected chi connectivity index (χ0v) is 14.3. The monoisotopic (exact) mass is 353 g/mol. The Balaban J connectivity index is 1.79. The Morgan fingerprint density at radius 3 is 2.46 bits per heavy atom. The number of nitrogens with zero attached hydrogens (tertiary/aromatic N) is 3. The van der Waals surface area contributed by atoms with Gasteiger partial charge < -0.3 is 0 Å². The molecule has 0 saturated heterocycles. The molecule has 4 nitrogen and oxygen atoms in total. The quantitative estimate of drug-likeness (QED) is 0.555. The molecule has 0 fully saturated rings. The van der Waals surface area contributed by atoms with Gasteiger partial charge in [0.15, 0.2) is 5.82 Å². The van der Waals surface area contributed by atoms with Crippen LogP contribution in [0.25, 0.3) is 22.4 Å². The number of hydrogen-bond acceptors (Lipinski definition) is 4. The largest absolute Gasteiger partial charge is 0.291 e. The number of hydrogen-bond donors (Lipinski definition) is 0. The highest BCUT2D eigenvalue weighted by Crippen LogP contribution is 2.17. The van der Waals surface area contributed by atoms with Gasteiger partial charge in [0.05, 0.1) is 4.53 Å². The van der Waals surface area contributed by atoms with Crippen molar-refractivity contribution in [2.24, 2.45) is 0 Å². The lowest BCUT2D eigenvalue weighted by Gasteiger charge is -1.95. The van der Waals surface area contributed by atoms with Crippen LogP contribution >= 0.6 is 22.9 Å². The van der Waals surface area contributed by atoms with Crippen molar-refractivity contribution in [1.29, 1.82) is 0 Å². The van der Waals surface area contributed by atoms with E-state index >= 15 is 0 Å². The summed E-state index contributed by atoms with van der Waals surface area (Å²) < 4.78 is 1.96. The molecule has 0 amide bonds. The molecule has 2 aromatic carbocycles. The molecule has 0 aliphatic rings. The van der Waals surface area contributed by atoms with E-state index in [4.69, 9.17) is 11.6 Å². The minimum atomic E-state index is -0.157. The van der Waals surface area contributed by atoms with E-state index in [0.717, 1.165) is 11.1 Å². The Morgan fingerprint density at radius 2 is 1.79 bits per heavy atom. The molecule has 118 valence electrons. The summed E-state index contributed by atoms with van der Waals surface area (Å²) in [6.45, 7) is 2.03. The van der Waals surface area contributed by atoms with E-state index in [1.54, 1.807) is 12.1 Å². The Labute approximate surface area is 146 Å². The highest BCUT2D eigenvalue weighted by Gasteiger charge is 2.11. The van der Waals surface area contributed by atoms with Crippen LogP contribution in [0.2, 0.25) is 5.02 Å². The fourth-order valence-electron chi connectivity index (χ4n) is 2.37. The molecule has 0 saturated carbocycles. The van der Waals surface area contributed by atoms with Crippen LogP contribution in [-0.4, -0.2) is 14.6 Å². The maximum atomic E-state index is 12.5. The fourth-order valence-corrected chi connectivity index (χ4v) is 3.40. The summed E-state index contributed by atoms with van der Waals surface area (Å²) in [5.41, 5.74) is 2.83. The van der Waals surface area contributed by atoms with Gasteiger partial charge in [0, 0.05) is 10.6 Å². The lowest BCUT2D eigenvalue weighted by molar-refractivity contribution is 0.937. The standard InChI is InChI=1S/C18H12ClN3OS/c1-11-2-6-13(7-3-11)16-20-18-22(21-16)17(23)15(24-18)10-12-4-8-14(19)9-5-12/h2-10H,1H3/b15-10-. The molecule has 0 unspecified atom stereocenters.